The molecule has 2 aromatic carbocycles. The molecule has 3 rings (SSSR count). The van der Waals surface area contributed by atoms with E-state index in [1.54, 1.807) is 0 Å². The molecule has 0 saturated carbocycles. The van der Waals surface area contributed by atoms with Crippen LogP contribution < -0.4 is 4.90 Å². The third-order valence-corrected chi connectivity index (χ3v) is 6.22. The first-order chi connectivity index (χ1) is 15.5. The summed E-state index contributed by atoms with van der Waals surface area (Å²) in [4.78, 5) is 6.84. The van der Waals surface area contributed by atoms with Crippen molar-refractivity contribution in [2.75, 3.05) is 69.4 Å². The average molecular weight is 592 g/mol. The molecular weight excluding hydrogens is 555 g/mol. The largest absolute Gasteiger partial charge is 0.341 e. The predicted octanol–water partition coefficient (Wildman–Crippen LogP) is 7.38. The van der Waals surface area contributed by atoms with Crippen LogP contribution in [-0.4, -0.2) is 74.3 Å². The molecule has 0 spiro atoms. The molecule has 0 saturated heterocycles. The standard InChI is InChI=1S/C19H23ClN2.C6H12Cl3N.2ClH/c1-21(2)12-5-13-22-18-7-4-3-6-15(18)8-9-16-10-11-17(20)14-19(16)22;7-1-4-10(5-2-8)6-3-9;;/h3-4,6-7,10-11,14H,5,8-9,12-13H2,1-2H3;1-6H2;2*1H. The maximum absolute atomic E-state index is 6.27. The van der Waals surface area contributed by atoms with Gasteiger partial charge < -0.3 is 9.80 Å². The van der Waals surface area contributed by atoms with E-state index < -0.39 is 0 Å². The second kappa shape index (κ2) is 19.1. The van der Waals surface area contributed by atoms with Crippen LogP contribution in [0.15, 0.2) is 42.5 Å². The second-order valence-corrected chi connectivity index (χ2v) is 9.69. The van der Waals surface area contributed by atoms with Crippen molar-refractivity contribution in [3.8, 4) is 0 Å². The van der Waals surface area contributed by atoms with Gasteiger partial charge in [-0.25, -0.2) is 0 Å². The van der Waals surface area contributed by atoms with E-state index in [0.717, 1.165) is 57.0 Å². The molecule has 0 bridgehead atoms. The van der Waals surface area contributed by atoms with Gasteiger partial charge in [0, 0.05) is 60.2 Å². The average Bonchev–Trinajstić information content (AvgIpc) is 2.92. The second-order valence-electron chi connectivity index (χ2n) is 8.12. The number of fused-ring (bicyclic) bond motifs is 2. The molecule has 9 heteroatoms. The van der Waals surface area contributed by atoms with Gasteiger partial charge in [0.1, 0.15) is 0 Å². The van der Waals surface area contributed by atoms with Crippen molar-refractivity contribution in [1.82, 2.24) is 9.80 Å². The van der Waals surface area contributed by atoms with Gasteiger partial charge in [-0.05, 0) is 69.2 Å². The van der Waals surface area contributed by atoms with Gasteiger partial charge in [-0.1, -0.05) is 35.9 Å². The lowest BCUT2D eigenvalue weighted by molar-refractivity contribution is 0.327. The Hall–Kier alpha value is -0.1000. The third kappa shape index (κ3) is 11.3. The quantitative estimate of drug-likeness (QED) is 0.267. The van der Waals surface area contributed by atoms with Crippen LogP contribution in [-0.2, 0) is 12.8 Å². The number of rotatable bonds is 10. The van der Waals surface area contributed by atoms with Gasteiger partial charge >= 0.3 is 0 Å². The van der Waals surface area contributed by atoms with Crippen LogP contribution in [0.1, 0.15) is 17.5 Å². The summed E-state index contributed by atoms with van der Waals surface area (Å²) in [6.07, 6.45) is 3.30. The van der Waals surface area contributed by atoms with Crippen LogP contribution in [0.2, 0.25) is 5.02 Å². The Morgan fingerprint density at radius 3 is 1.88 bits per heavy atom. The lowest BCUT2D eigenvalue weighted by Gasteiger charge is -2.27. The van der Waals surface area contributed by atoms with Crippen LogP contribution in [0.3, 0.4) is 0 Å². The molecule has 0 aromatic heterocycles. The molecule has 0 unspecified atom stereocenters. The number of benzene rings is 2. The number of hydrogen-bond acceptors (Lipinski definition) is 3. The van der Waals surface area contributed by atoms with Gasteiger partial charge in [-0.3, -0.25) is 4.90 Å². The van der Waals surface area contributed by atoms with Crippen molar-refractivity contribution >= 4 is 82.6 Å². The van der Waals surface area contributed by atoms with E-state index in [0.29, 0.717) is 17.6 Å². The van der Waals surface area contributed by atoms with Crippen molar-refractivity contribution in [2.45, 2.75) is 19.3 Å². The maximum Gasteiger partial charge on any atom is 0.0458 e. The van der Waals surface area contributed by atoms with Gasteiger partial charge in [0.2, 0.25) is 0 Å². The summed E-state index contributed by atoms with van der Waals surface area (Å²) in [6.45, 7) is 4.74. The van der Waals surface area contributed by atoms with E-state index in [-0.39, 0.29) is 24.8 Å². The molecule has 1 heterocycles. The molecule has 34 heavy (non-hydrogen) atoms. The van der Waals surface area contributed by atoms with Crippen LogP contribution in [0.4, 0.5) is 11.4 Å². The third-order valence-electron chi connectivity index (χ3n) is 5.47. The topological polar surface area (TPSA) is 9.72 Å². The number of para-hydroxylation sites is 1. The Bertz CT molecular complexity index is 792. The number of alkyl halides is 3. The fourth-order valence-corrected chi connectivity index (χ4v) is 4.75. The zero-order valence-corrected chi connectivity index (χ0v) is 24.6. The van der Waals surface area contributed by atoms with Crippen molar-refractivity contribution in [2.24, 2.45) is 0 Å². The molecular formula is C25H37Cl6N3. The summed E-state index contributed by atoms with van der Waals surface area (Å²) in [7, 11) is 4.25. The molecule has 1 aliphatic rings. The van der Waals surface area contributed by atoms with E-state index in [1.807, 2.05) is 6.07 Å². The molecule has 0 N–H and O–H groups in total. The van der Waals surface area contributed by atoms with E-state index in [2.05, 4.69) is 65.2 Å². The number of halogens is 6. The summed E-state index contributed by atoms with van der Waals surface area (Å²) in [6, 6.07) is 15.1. The lowest BCUT2D eigenvalue weighted by atomic mass is 10.0. The Balaban J connectivity index is 0.000000784. The summed E-state index contributed by atoms with van der Waals surface area (Å²) in [5, 5.41) is 0.816. The first-order valence-electron chi connectivity index (χ1n) is 11.2. The van der Waals surface area contributed by atoms with Crippen LogP contribution in [0.25, 0.3) is 0 Å². The van der Waals surface area contributed by atoms with Crippen molar-refractivity contribution in [3.05, 3.63) is 58.6 Å². The molecule has 2 aromatic rings. The fraction of sp³-hybridized carbons (Fsp3) is 0.520. The van der Waals surface area contributed by atoms with Crippen molar-refractivity contribution < 1.29 is 0 Å². The number of aryl methyl sites for hydroxylation is 2. The Labute approximate surface area is 238 Å². The first kappa shape index (κ1) is 33.9. The zero-order chi connectivity index (χ0) is 23.3. The van der Waals surface area contributed by atoms with Gasteiger partial charge in [0.15, 0.2) is 0 Å². The monoisotopic (exact) mass is 589 g/mol. The van der Waals surface area contributed by atoms with Gasteiger partial charge in [-0.15, -0.1) is 59.6 Å². The molecule has 0 radical (unpaired) electrons. The minimum atomic E-state index is 0. The summed E-state index contributed by atoms with van der Waals surface area (Å²) < 4.78 is 0. The van der Waals surface area contributed by atoms with E-state index in [9.17, 15) is 0 Å². The van der Waals surface area contributed by atoms with Crippen molar-refractivity contribution in [1.29, 1.82) is 0 Å². The first-order valence-corrected chi connectivity index (χ1v) is 13.2. The number of hydrogen-bond donors (Lipinski definition) is 0. The predicted molar refractivity (Wildman–Crippen MR) is 159 cm³/mol. The SMILES string of the molecule is CN(C)CCCN1c2ccccc2CCc2ccc(Cl)cc21.Cl.Cl.ClCCN(CCCl)CCCl. The lowest BCUT2D eigenvalue weighted by Crippen LogP contribution is -2.29. The maximum atomic E-state index is 6.27. The molecule has 3 nitrogen and oxygen atoms in total. The molecule has 0 fully saturated rings. The van der Waals surface area contributed by atoms with Crippen molar-refractivity contribution in [3.63, 3.8) is 0 Å². The van der Waals surface area contributed by atoms with E-state index in [4.69, 9.17) is 46.4 Å². The highest BCUT2D eigenvalue weighted by molar-refractivity contribution is 6.30. The Morgan fingerprint density at radius 1 is 0.765 bits per heavy atom. The van der Waals surface area contributed by atoms with Crippen LogP contribution >= 0.6 is 71.2 Å². The molecule has 1 aliphatic heterocycles. The smallest absolute Gasteiger partial charge is 0.0458 e. The molecule has 0 aliphatic carbocycles. The van der Waals surface area contributed by atoms with Crippen LogP contribution in [0, 0.1) is 0 Å². The van der Waals surface area contributed by atoms with Gasteiger partial charge in [-0.2, -0.15) is 0 Å². The molecule has 194 valence electrons. The van der Waals surface area contributed by atoms with Gasteiger partial charge in [0.25, 0.3) is 0 Å². The number of anilines is 2. The Morgan fingerprint density at radius 2 is 1.32 bits per heavy atom. The van der Waals surface area contributed by atoms with Crippen LogP contribution in [0.5, 0.6) is 0 Å². The van der Waals surface area contributed by atoms with Gasteiger partial charge in [0.05, 0.1) is 0 Å². The molecule has 0 atom stereocenters. The van der Waals surface area contributed by atoms with E-state index >= 15 is 0 Å². The summed E-state index contributed by atoms with van der Waals surface area (Å²) in [5.74, 6) is 1.94. The normalized spacial score (nSPS) is 12.1. The molecule has 0 amide bonds. The minimum Gasteiger partial charge on any atom is -0.341 e. The zero-order valence-electron chi connectivity index (χ0n) is 20.0. The Kier molecular flexibility index (Phi) is 19.0. The highest BCUT2D eigenvalue weighted by atomic mass is 35.5. The highest BCUT2D eigenvalue weighted by Gasteiger charge is 2.20. The van der Waals surface area contributed by atoms with E-state index in [1.165, 1.54) is 22.5 Å². The highest BCUT2D eigenvalue weighted by Crippen LogP contribution is 2.37. The fourth-order valence-electron chi connectivity index (χ4n) is 3.86. The summed E-state index contributed by atoms with van der Waals surface area (Å²) in [5.41, 5.74) is 5.43. The summed E-state index contributed by atoms with van der Waals surface area (Å²) >= 11 is 22.9. The minimum absolute atomic E-state index is 0. The number of nitrogens with zero attached hydrogens (tertiary/aromatic N) is 3.